The van der Waals surface area contributed by atoms with Crippen LogP contribution in [0.1, 0.15) is 59.8 Å². The SMILES string of the molecule is CC1CC(N)CCC1C(=O)N1CCC(C(C)(C)C)CC1. The molecule has 0 aromatic carbocycles. The van der Waals surface area contributed by atoms with Gasteiger partial charge in [0.2, 0.25) is 5.91 Å². The zero-order chi connectivity index (χ0) is 14.9. The number of carbonyl (C=O) groups is 1. The van der Waals surface area contributed by atoms with Gasteiger partial charge in [0, 0.05) is 25.0 Å². The van der Waals surface area contributed by atoms with Gasteiger partial charge in [-0.3, -0.25) is 4.79 Å². The molecule has 3 heteroatoms. The summed E-state index contributed by atoms with van der Waals surface area (Å²) in [5.74, 6) is 1.83. The fourth-order valence-corrected chi connectivity index (χ4v) is 4.01. The molecule has 0 radical (unpaired) electrons. The highest BCUT2D eigenvalue weighted by molar-refractivity contribution is 5.79. The van der Waals surface area contributed by atoms with Crippen LogP contribution in [0.15, 0.2) is 0 Å². The average Bonchev–Trinajstić information content (AvgIpc) is 2.37. The maximum atomic E-state index is 12.7. The third-order valence-corrected chi connectivity index (χ3v) is 5.56. The predicted octanol–water partition coefficient (Wildman–Crippen LogP) is 3.03. The summed E-state index contributed by atoms with van der Waals surface area (Å²) in [6.07, 6.45) is 5.33. The number of likely N-dealkylation sites (tertiary alicyclic amines) is 1. The van der Waals surface area contributed by atoms with Gasteiger partial charge in [-0.15, -0.1) is 0 Å². The van der Waals surface area contributed by atoms with Crippen LogP contribution >= 0.6 is 0 Å². The minimum Gasteiger partial charge on any atom is -0.342 e. The number of hydrogen-bond donors (Lipinski definition) is 1. The number of nitrogens with two attached hydrogens (primary N) is 1. The first kappa shape index (κ1) is 15.8. The molecule has 2 rings (SSSR count). The molecule has 2 N–H and O–H groups in total. The fraction of sp³-hybridized carbons (Fsp3) is 0.941. The molecule has 3 unspecified atom stereocenters. The first-order valence-electron chi connectivity index (χ1n) is 8.33. The summed E-state index contributed by atoms with van der Waals surface area (Å²) in [4.78, 5) is 14.8. The molecule has 0 aromatic heterocycles. The van der Waals surface area contributed by atoms with Crippen molar-refractivity contribution in [3.63, 3.8) is 0 Å². The van der Waals surface area contributed by atoms with Gasteiger partial charge in [0.15, 0.2) is 0 Å². The molecule has 1 saturated carbocycles. The third-order valence-electron chi connectivity index (χ3n) is 5.56. The maximum Gasteiger partial charge on any atom is 0.225 e. The van der Waals surface area contributed by atoms with E-state index in [9.17, 15) is 4.79 Å². The Morgan fingerprint density at radius 2 is 1.70 bits per heavy atom. The highest BCUT2D eigenvalue weighted by Gasteiger charge is 2.36. The summed E-state index contributed by atoms with van der Waals surface area (Å²) >= 11 is 0. The molecular weight excluding hydrogens is 248 g/mol. The molecule has 2 fully saturated rings. The van der Waals surface area contributed by atoms with Crippen molar-refractivity contribution in [2.24, 2.45) is 28.9 Å². The zero-order valence-corrected chi connectivity index (χ0v) is 13.7. The van der Waals surface area contributed by atoms with E-state index < -0.39 is 0 Å². The van der Waals surface area contributed by atoms with E-state index >= 15 is 0 Å². The van der Waals surface area contributed by atoms with Crippen molar-refractivity contribution < 1.29 is 4.79 Å². The standard InChI is InChI=1S/C17H32N2O/c1-12-11-14(18)5-6-15(12)16(20)19-9-7-13(8-10-19)17(2,3)4/h12-15H,5-11,18H2,1-4H3. The molecule has 1 amide bonds. The summed E-state index contributed by atoms with van der Waals surface area (Å²) in [6.45, 7) is 11.1. The molecular formula is C17H32N2O. The van der Waals surface area contributed by atoms with Crippen LogP contribution in [0.5, 0.6) is 0 Å². The Morgan fingerprint density at radius 3 is 2.20 bits per heavy atom. The lowest BCUT2D eigenvalue weighted by atomic mass is 9.74. The van der Waals surface area contributed by atoms with Crippen molar-refractivity contribution in [2.45, 2.75) is 65.8 Å². The van der Waals surface area contributed by atoms with Gasteiger partial charge in [-0.1, -0.05) is 27.7 Å². The molecule has 116 valence electrons. The molecule has 1 saturated heterocycles. The lowest BCUT2D eigenvalue weighted by Crippen LogP contribution is -2.47. The summed E-state index contributed by atoms with van der Waals surface area (Å²) in [5, 5.41) is 0. The smallest absolute Gasteiger partial charge is 0.225 e. The molecule has 1 aliphatic heterocycles. The Labute approximate surface area is 124 Å². The second-order valence-corrected chi connectivity index (χ2v) is 8.12. The normalized spacial score (nSPS) is 33.2. The van der Waals surface area contributed by atoms with Crippen LogP contribution in [-0.4, -0.2) is 29.9 Å². The summed E-state index contributed by atoms with van der Waals surface area (Å²) in [5.41, 5.74) is 6.38. The fourth-order valence-electron chi connectivity index (χ4n) is 4.01. The first-order valence-corrected chi connectivity index (χ1v) is 8.33. The van der Waals surface area contributed by atoms with Gasteiger partial charge in [-0.2, -0.15) is 0 Å². The van der Waals surface area contributed by atoms with E-state index in [1.807, 2.05) is 0 Å². The van der Waals surface area contributed by atoms with Crippen LogP contribution in [0.3, 0.4) is 0 Å². The van der Waals surface area contributed by atoms with Gasteiger partial charge in [-0.05, 0) is 49.4 Å². The Morgan fingerprint density at radius 1 is 1.10 bits per heavy atom. The highest BCUT2D eigenvalue weighted by Crippen LogP contribution is 2.36. The zero-order valence-electron chi connectivity index (χ0n) is 13.7. The molecule has 2 aliphatic rings. The second kappa shape index (κ2) is 6.05. The molecule has 0 spiro atoms. The van der Waals surface area contributed by atoms with Gasteiger partial charge in [0.1, 0.15) is 0 Å². The maximum absolute atomic E-state index is 12.7. The summed E-state index contributed by atoms with van der Waals surface area (Å²) < 4.78 is 0. The minimum atomic E-state index is 0.223. The lowest BCUT2D eigenvalue weighted by Gasteiger charge is -2.41. The summed E-state index contributed by atoms with van der Waals surface area (Å²) in [6, 6.07) is 0.306. The number of carbonyl (C=O) groups excluding carboxylic acids is 1. The molecule has 1 heterocycles. The molecule has 3 atom stereocenters. The Kier molecular flexibility index (Phi) is 4.78. The predicted molar refractivity (Wildman–Crippen MR) is 83.2 cm³/mol. The van der Waals surface area contributed by atoms with Gasteiger partial charge in [-0.25, -0.2) is 0 Å². The Hall–Kier alpha value is -0.570. The van der Waals surface area contributed by atoms with E-state index in [1.165, 1.54) is 0 Å². The van der Waals surface area contributed by atoms with E-state index in [0.717, 1.165) is 51.1 Å². The Bertz CT molecular complexity index is 339. The van der Waals surface area contributed by atoms with Gasteiger partial charge in [0.05, 0.1) is 0 Å². The van der Waals surface area contributed by atoms with Gasteiger partial charge >= 0.3 is 0 Å². The van der Waals surface area contributed by atoms with Crippen molar-refractivity contribution in [3.8, 4) is 0 Å². The van der Waals surface area contributed by atoms with Gasteiger partial charge < -0.3 is 10.6 Å². The van der Waals surface area contributed by atoms with Crippen molar-refractivity contribution in [3.05, 3.63) is 0 Å². The van der Waals surface area contributed by atoms with Gasteiger partial charge in [0.25, 0.3) is 0 Å². The number of piperidine rings is 1. The van der Waals surface area contributed by atoms with Crippen molar-refractivity contribution >= 4 is 5.91 Å². The van der Waals surface area contributed by atoms with Crippen LogP contribution in [0.2, 0.25) is 0 Å². The Balaban J connectivity index is 1.89. The van der Waals surface area contributed by atoms with E-state index in [4.69, 9.17) is 5.73 Å². The van der Waals surface area contributed by atoms with Crippen LogP contribution in [-0.2, 0) is 4.79 Å². The van der Waals surface area contributed by atoms with Crippen LogP contribution < -0.4 is 5.73 Å². The minimum absolute atomic E-state index is 0.223. The van der Waals surface area contributed by atoms with Crippen LogP contribution in [0.25, 0.3) is 0 Å². The molecule has 0 bridgehead atoms. The van der Waals surface area contributed by atoms with Crippen molar-refractivity contribution in [2.75, 3.05) is 13.1 Å². The second-order valence-electron chi connectivity index (χ2n) is 8.12. The molecule has 0 aromatic rings. The topological polar surface area (TPSA) is 46.3 Å². The first-order chi connectivity index (χ1) is 9.29. The van der Waals surface area contributed by atoms with Crippen LogP contribution in [0, 0.1) is 23.2 Å². The molecule has 1 aliphatic carbocycles. The molecule has 3 nitrogen and oxygen atoms in total. The van der Waals surface area contributed by atoms with Crippen molar-refractivity contribution in [1.29, 1.82) is 0 Å². The highest BCUT2D eigenvalue weighted by atomic mass is 16.2. The largest absolute Gasteiger partial charge is 0.342 e. The number of hydrogen-bond acceptors (Lipinski definition) is 2. The van der Waals surface area contributed by atoms with E-state index in [0.29, 0.717) is 23.3 Å². The number of nitrogens with zero attached hydrogens (tertiary/aromatic N) is 1. The van der Waals surface area contributed by atoms with E-state index in [2.05, 4.69) is 32.6 Å². The van der Waals surface area contributed by atoms with Crippen molar-refractivity contribution in [1.82, 2.24) is 4.90 Å². The third kappa shape index (κ3) is 3.55. The van der Waals surface area contributed by atoms with E-state index in [-0.39, 0.29) is 5.92 Å². The lowest BCUT2D eigenvalue weighted by molar-refractivity contribution is -0.140. The monoisotopic (exact) mass is 280 g/mol. The number of rotatable bonds is 1. The molecule has 20 heavy (non-hydrogen) atoms. The van der Waals surface area contributed by atoms with Crippen LogP contribution in [0.4, 0.5) is 0 Å². The number of amides is 1. The summed E-state index contributed by atoms with van der Waals surface area (Å²) in [7, 11) is 0. The van der Waals surface area contributed by atoms with E-state index in [1.54, 1.807) is 0 Å². The quantitative estimate of drug-likeness (QED) is 0.802. The average molecular weight is 280 g/mol.